The van der Waals surface area contributed by atoms with Gasteiger partial charge >= 0.3 is 0 Å². The lowest BCUT2D eigenvalue weighted by atomic mass is 9.35. The molecule has 4 aliphatic rings. The van der Waals surface area contributed by atoms with Crippen LogP contribution >= 0.6 is 0 Å². The van der Waals surface area contributed by atoms with Gasteiger partial charge in [0.05, 0.1) is 17.0 Å². The van der Waals surface area contributed by atoms with Gasteiger partial charge in [0, 0.05) is 28.1 Å². The summed E-state index contributed by atoms with van der Waals surface area (Å²) < 4.78 is 7.36. The van der Waals surface area contributed by atoms with Crippen molar-refractivity contribution < 1.29 is 4.42 Å². The molecule has 10 rings (SSSR count). The van der Waals surface area contributed by atoms with Crippen molar-refractivity contribution in [1.29, 1.82) is 0 Å². The summed E-state index contributed by atoms with van der Waals surface area (Å²) in [5.74, 6) is 0. The van der Waals surface area contributed by atoms with Crippen LogP contribution in [0.3, 0.4) is 0 Å². The normalized spacial score (nSPS) is 19.2. The predicted molar refractivity (Wildman–Crippen MR) is 254 cm³/mol. The van der Waals surface area contributed by atoms with E-state index < -0.39 is 0 Å². The summed E-state index contributed by atoms with van der Waals surface area (Å²) in [6, 6.07) is 31.4. The van der Waals surface area contributed by atoms with Gasteiger partial charge in [0.25, 0.3) is 6.71 Å². The second-order valence-corrected chi connectivity index (χ2v) is 22.6. The second kappa shape index (κ2) is 12.2. The van der Waals surface area contributed by atoms with E-state index >= 15 is 0 Å². The minimum atomic E-state index is -0.0746. The lowest BCUT2D eigenvalue weighted by Gasteiger charge is -2.47. The first kappa shape index (κ1) is 38.5. The molecule has 302 valence electrons. The third-order valence-corrected chi connectivity index (χ3v) is 15.4. The van der Waals surface area contributed by atoms with Crippen molar-refractivity contribution in [1.82, 2.24) is 0 Å². The van der Waals surface area contributed by atoms with Crippen LogP contribution in [0.1, 0.15) is 146 Å². The molecule has 0 fully saturated rings. The molecule has 4 heteroatoms. The fraction of sp³-hybridized carbons (Fsp3) is 0.418. The van der Waals surface area contributed by atoms with Gasteiger partial charge in [-0.25, -0.2) is 0 Å². The van der Waals surface area contributed by atoms with Crippen molar-refractivity contribution in [3.63, 3.8) is 0 Å². The molecular weight excluding hydrogens is 715 g/mol. The summed E-state index contributed by atoms with van der Waals surface area (Å²) in [7, 11) is 0. The Labute approximate surface area is 354 Å². The Kier molecular flexibility index (Phi) is 7.97. The number of fused-ring (bicyclic) bond motifs is 8. The molecule has 3 nitrogen and oxygen atoms in total. The van der Waals surface area contributed by atoms with Crippen LogP contribution in [0.15, 0.2) is 83.3 Å². The minimum absolute atomic E-state index is 0.00729. The lowest BCUT2D eigenvalue weighted by molar-refractivity contribution is 0.332. The standard InChI is InChI=1S/C55H63BN2O/c1-32-26-33(2)48(34(3)27-32)58-44-17-15-16-43-47(44)56(50-49(58)37-28-35(51(4,5)6)18-21-46(37)59-50)42-30-40-41(55(13,14)25-24-54(40,11)12)31-45(42)57(43)36-19-20-38-39(29-36)53(9,10)23-22-52(38,7)8/h15-21,26-31H,22-25H2,1-14H3. The fourth-order valence-corrected chi connectivity index (χ4v) is 11.7. The molecule has 59 heavy (non-hydrogen) atoms. The molecule has 0 saturated carbocycles. The third kappa shape index (κ3) is 5.53. The first-order valence-corrected chi connectivity index (χ1v) is 22.3. The van der Waals surface area contributed by atoms with Gasteiger partial charge in [-0.3, -0.25) is 0 Å². The van der Waals surface area contributed by atoms with Gasteiger partial charge in [0.2, 0.25) is 0 Å². The SMILES string of the molecule is Cc1cc(C)c(N2c3cccc4c3B(c3cc5c(cc3N4c3ccc4c(c3)C(C)(C)CCC4(C)C)C(C)(C)CCC5(C)C)c3oc4ccc(C(C)(C)C)cc4c32)c(C)c1. The Morgan fingerprint density at radius 1 is 0.559 bits per heavy atom. The van der Waals surface area contributed by atoms with Gasteiger partial charge in [0.15, 0.2) is 0 Å². The maximum absolute atomic E-state index is 7.36. The van der Waals surface area contributed by atoms with E-state index in [1.165, 1.54) is 121 Å². The molecule has 2 aliphatic heterocycles. The summed E-state index contributed by atoms with van der Waals surface area (Å²) >= 11 is 0. The number of hydrogen-bond donors (Lipinski definition) is 0. The van der Waals surface area contributed by atoms with Gasteiger partial charge in [-0.2, -0.15) is 0 Å². The van der Waals surface area contributed by atoms with Crippen LogP contribution in [-0.4, -0.2) is 6.71 Å². The summed E-state index contributed by atoms with van der Waals surface area (Å²) in [5, 5.41) is 1.19. The molecule has 5 aromatic carbocycles. The van der Waals surface area contributed by atoms with Crippen LogP contribution in [0.5, 0.6) is 0 Å². The average molecular weight is 779 g/mol. The summed E-state index contributed by atoms with van der Waals surface area (Å²) in [6.07, 6.45) is 4.73. The van der Waals surface area contributed by atoms with Crippen LogP contribution < -0.4 is 26.4 Å². The Balaban J connectivity index is 1.34. The molecule has 2 aliphatic carbocycles. The Morgan fingerprint density at radius 2 is 1.12 bits per heavy atom. The first-order valence-electron chi connectivity index (χ1n) is 22.3. The zero-order valence-corrected chi connectivity index (χ0v) is 38.2. The number of anilines is 6. The van der Waals surface area contributed by atoms with Crippen LogP contribution in [0.2, 0.25) is 0 Å². The number of aryl methyl sites for hydroxylation is 3. The molecule has 0 N–H and O–H groups in total. The molecule has 0 atom stereocenters. The third-order valence-electron chi connectivity index (χ3n) is 15.4. The van der Waals surface area contributed by atoms with E-state index in [4.69, 9.17) is 4.42 Å². The van der Waals surface area contributed by atoms with Gasteiger partial charge in [-0.1, -0.05) is 118 Å². The highest BCUT2D eigenvalue weighted by Crippen LogP contribution is 2.53. The van der Waals surface area contributed by atoms with Crippen molar-refractivity contribution in [2.24, 2.45) is 0 Å². The van der Waals surface area contributed by atoms with Crippen LogP contribution in [0, 0.1) is 20.8 Å². The number of benzene rings is 5. The Bertz CT molecular complexity index is 2750. The summed E-state index contributed by atoms with van der Waals surface area (Å²) in [6.45, 7) is 33.3. The van der Waals surface area contributed by atoms with E-state index in [-0.39, 0.29) is 33.8 Å². The van der Waals surface area contributed by atoms with Crippen molar-refractivity contribution in [3.05, 3.63) is 123 Å². The summed E-state index contributed by atoms with van der Waals surface area (Å²) in [4.78, 5) is 5.22. The van der Waals surface area contributed by atoms with E-state index in [1.807, 2.05) is 0 Å². The maximum atomic E-state index is 7.36. The number of hydrogen-bond acceptors (Lipinski definition) is 3. The molecule has 0 amide bonds. The summed E-state index contributed by atoms with van der Waals surface area (Å²) in [5.41, 5.74) is 23.6. The maximum Gasteiger partial charge on any atom is 0.297 e. The monoisotopic (exact) mass is 779 g/mol. The quantitative estimate of drug-likeness (QED) is 0.163. The fourth-order valence-electron chi connectivity index (χ4n) is 11.7. The molecule has 6 aromatic rings. The average Bonchev–Trinajstić information content (AvgIpc) is 3.53. The number of furan rings is 1. The highest BCUT2D eigenvalue weighted by molar-refractivity contribution is 7.00. The topological polar surface area (TPSA) is 19.6 Å². The molecule has 0 saturated heterocycles. The zero-order valence-electron chi connectivity index (χ0n) is 38.2. The van der Waals surface area contributed by atoms with E-state index in [0.29, 0.717) is 0 Å². The molecule has 0 unspecified atom stereocenters. The van der Waals surface area contributed by atoms with E-state index in [0.717, 1.165) is 11.2 Å². The van der Waals surface area contributed by atoms with Gasteiger partial charge in [0.1, 0.15) is 5.58 Å². The van der Waals surface area contributed by atoms with Crippen LogP contribution in [0.25, 0.3) is 11.0 Å². The number of nitrogens with zero attached hydrogens (tertiary/aromatic N) is 2. The molecule has 3 heterocycles. The van der Waals surface area contributed by atoms with Crippen LogP contribution in [0.4, 0.5) is 34.1 Å². The van der Waals surface area contributed by atoms with E-state index in [2.05, 4.69) is 186 Å². The molecule has 0 radical (unpaired) electrons. The van der Waals surface area contributed by atoms with E-state index in [1.54, 1.807) is 0 Å². The van der Waals surface area contributed by atoms with Gasteiger partial charge in [-0.05, 0) is 166 Å². The zero-order chi connectivity index (χ0) is 41.9. The highest BCUT2D eigenvalue weighted by Gasteiger charge is 2.49. The molecule has 1 aromatic heterocycles. The largest absolute Gasteiger partial charge is 0.468 e. The van der Waals surface area contributed by atoms with Crippen molar-refractivity contribution in [2.75, 3.05) is 9.80 Å². The highest BCUT2D eigenvalue weighted by atomic mass is 16.3. The van der Waals surface area contributed by atoms with Gasteiger partial charge < -0.3 is 14.2 Å². The molecular formula is C55H63BN2O. The van der Waals surface area contributed by atoms with Gasteiger partial charge in [-0.15, -0.1) is 0 Å². The predicted octanol–water partition coefficient (Wildman–Crippen LogP) is 13.4. The first-order chi connectivity index (χ1) is 27.6. The number of rotatable bonds is 2. The van der Waals surface area contributed by atoms with E-state index in [9.17, 15) is 0 Å². The Morgan fingerprint density at radius 3 is 1.73 bits per heavy atom. The Hall–Kier alpha value is -4.70. The molecule has 0 spiro atoms. The molecule has 0 bridgehead atoms. The van der Waals surface area contributed by atoms with Crippen molar-refractivity contribution in [3.8, 4) is 0 Å². The second-order valence-electron chi connectivity index (χ2n) is 22.6. The lowest BCUT2D eigenvalue weighted by Crippen LogP contribution is -2.61. The minimum Gasteiger partial charge on any atom is -0.468 e. The van der Waals surface area contributed by atoms with Crippen molar-refractivity contribution in [2.45, 2.75) is 150 Å². The van der Waals surface area contributed by atoms with Crippen LogP contribution in [-0.2, 0) is 27.1 Å². The smallest absolute Gasteiger partial charge is 0.297 e. The van der Waals surface area contributed by atoms with Crippen molar-refractivity contribution >= 4 is 68.4 Å².